The first-order valence-corrected chi connectivity index (χ1v) is 7.55. The van der Waals surface area contributed by atoms with Gasteiger partial charge in [-0.15, -0.1) is 0 Å². The van der Waals surface area contributed by atoms with Crippen molar-refractivity contribution < 1.29 is 4.79 Å². The maximum Gasteiger partial charge on any atom is 0.251 e. The van der Waals surface area contributed by atoms with Crippen LogP contribution >= 0.6 is 11.8 Å². The molecular formula is C16H17NOS. The molecule has 1 unspecified atom stereocenters. The molecule has 2 aliphatic rings. The predicted octanol–water partition coefficient (Wildman–Crippen LogP) is 3.96. The zero-order valence-electron chi connectivity index (χ0n) is 11.0. The lowest BCUT2D eigenvalue weighted by molar-refractivity contribution is -0.126. The van der Waals surface area contributed by atoms with Gasteiger partial charge in [0.05, 0.1) is 0 Å². The number of hydrogen-bond donors (Lipinski definition) is 0. The van der Waals surface area contributed by atoms with Crippen molar-refractivity contribution in [1.29, 1.82) is 0 Å². The molecule has 0 spiro atoms. The molecule has 3 heteroatoms. The van der Waals surface area contributed by atoms with Gasteiger partial charge in [-0.3, -0.25) is 4.79 Å². The van der Waals surface area contributed by atoms with Gasteiger partial charge in [0.1, 0.15) is 0 Å². The van der Waals surface area contributed by atoms with Crippen LogP contribution in [0.5, 0.6) is 0 Å². The van der Waals surface area contributed by atoms with Crippen molar-refractivity contribution in [2.24, 2.45) is 0 Å². The summed E-state index contributed by atoms with van der Waals surface area (Å²) >= 11 is 1.72. The van der Waals surface area contributed by atoms with Crippen LogP contribution in [-0.2, 0) is 4.79 Å². The summed E-state index contributed by atoms with van der Waals surface area (Å²) in [6.45, 7) is 2.11. The van der Waals surface area contributed by atoms with Crippen LogP contribution in [0.25, 0.3) is 0 Å². The van der Waals surface area contributed by atoms with E-state index in [2.05, 4.69) is 25.1 Å². The third-order valence-electron chi connectivity index (χ3n) is 3.61. The molecule has 0 fully saturated rings. The van der Waals surface area contributed by atoms with E-state index in [1.807, 2.05) is 29.2 Å². The first kappa shape index (κ1) is 12.5. The molecule has 0 N–H and O–H groups in total. The van der Waals surface area contributed by atoms with Gasteiger partial charge in [-0.2, -0.15) is 0 Å². The second-order valence-corrected chi connectivity index (χ2v) is 6.08. The first-order chi connectivity index (χ1) is 9.28. The highest BCUT2D eigenvalue weighted by molar-refractivity contribution is 8.03. The van der Waals surface area contributed by atoms with Crippen molar-refractivity contribution in [3.05, 3.63) is 53.1 Å². The normalized spacial score (nSPS) is 22.1. The van der Waals surface area contributed by atoms with Crippen LogP contribution in [0, 0.1) is 0 Å². The Labute approximate surface area is 118 Å². The van der Waals surface area contributed by atoms with Crippen LogP contribution < -0.4 is 0 Å². The van der Waals surface area contributed by atoms with Crippen molar-refractivity contribution in [2.75, 3.05) is 0 Å². The van der Waals surface area contributed by atoms with Crippen molar-refractivity contribution in [2.45, 2.75) is 37.1 Å². The molecule has 1 atom stereocenters. The van der Waals surface area contributed by atoms with E-state index < -0.39 is 0 Å². The number of allylic oxidation sites excluding steroid dienone is 1. The number of thioether (sulfide) groups is 1. The fraction of sp³-hybridized carbons (Fsp3) is 0.312. The summed E-state index contributed by atoms with van der Waals surface area (Å²) in [6, 6.07) is 10.6. The van der Waals surface area contributed by atoms with Gasteiger partial charge in [0, 0.05) is 29.1 Å². The average molecular weight is 271 g/mol. The monoisotopic (exact) mass is 271 g/mol. The van der Waals surface area contributed by atoms with Gasteiger partial charge in [0.15, 0.2) is 0 Å². The highest BCUT2D eigenvalue weighted by Crippen LogP contribution is 2.38. The second kappa shape index (κ2) is 5.25. The number of rotatable bonds is 3. The van der Waals surface area contributed by atoms with Crippen molar-refractivity contribution in [1.82, 2.24) is 4.90 Å². The summed E-state index contributed by atoms with van der Waals surface area (Å²) in [6.07, 6.45) is 6.94. The Morgan fingerprint density at radius 2 is 2.11 bits per heavy atom. The predicted molar refractivity (Wildman–Crippen MR) is 78.6 cm³/mol. The van der Waals surface area contributed by atoms with Gasteiger partial charge in [-0.25, -0.2) is 0 Å². The number of nitrogens with zero attached hydrogens (tertiary/aromatic N) is 1. The van der Waals surface area contributed by atoms with Gasteiger partial charge >= 0.3 is 0 Å². The Morgan fingerprint density at radius 3 is 2.84 bits per heavy atom. The Morgan fingerprint density at radius 1 is 1.32 bits per heavy atom. The molecule has 1 amide bonds. The molecule has 0 bridgehead atoms. The molecule has 2 aliphatic heterocycles. The topological polar surface area (TPSA) is 20.3 Å². The van der Waals surface area contributed by atoms with Crippen LogP contribution in [0.2, 0.25) is 0 Å². The minimum atomic E-state index is 0.153. The lowest BCUT2D eigenvalue weighted by Crippen LogP contribution is -2.37. The average Bonchev–Trinajstić information content (AvgIpc) is 2.83. The zero-order valence-corrected chi connectivity index (χ0v) is 11.8. The van der Waals surface area contributed by atoms with Gasteiger partial charge in [-0.1, -0.05) is 43.0 Å². The molecule has 0 aliphatic carbocycles. The molecule has 0 saturated heterocycles. The maximum atomic E-state index is 12.2. The van der Waals surface area contributed by atoms with Crippen LogP contribution in [0.15, 0.2) is 58.0 Å². The summed E-state index contributed by atoms with van der Waals surface area (Å²) in [5.74, 6) is 0.153. The van der Waals surface area contributed by atoms with E-state index in [1.165, 1.54) is 15.5 Å². The van der Waals surface area contributed by atoms with Crippen LogP contribution in [-0.4, -0.2) is 16.8 Å². The van der Waals surface area contributed by atoms with Crippen LogP contribution in [0.3, 0.4) is 0 Å². The molecule has 0 saturated carbocycles. The first-order valence-electron chi connectivity index (χ1n) is 6.73. The van der Waals surface area contributed by atoms with E-state index in [0.717, 1.165) is 19.3 Å². The number of hydrogen-bond acceptors (Lipinski definition) is 2. The highest BCUT2D eigenvalue weighted by atomic mass is 32.2. The highest BCUT2D eigenvalue weighted by Gasteiger charge is 2.33. The van der Waals surface area contributed by atoms with Crippen LogP contribution in [0.1, 0.15) is 26.2 Å². The lowest BCUT2D eigenvalue weighted by Gasteiger charge is -2.31. The number of benzene rings is 1. The zero-order chi connectivity index (χ0) is 13.2. The number of amides is 1. The minimum absolute atomic E-state index is 0.153. The van der Waals surface area contributed by atoms with E-state index >= 15 is 0 Å². The van der Waals surface area contributed by atoms with E-state index in [4.69, 9.17) is 0 Å². The summed E-state index contributed by atoms with van der Waals surface area (Å²) in [4.78, 5) is 16.6. The van der Waals surface area contributed by atoms with Crippen LogP contribution in [0.4, 0.5) is 0 Å². The van der Waals surface area contributed by atoms with Crippen molar-refractivity contribution in [3.63, 3.8) is 0 Å². The number of fused-ring (bicyclic) bond motifs is 1. The van der Waals surface area contributed by atoms with E-state index in [0.29, 0.717) is 6.04 Å². The van der Waals surface area contributed by atoms with E-state index in [-0.39, 0.29) is 5.91 Å². The summed E-state index contributed by atoms with van der Waals surface area (Å²) < 4.78 is 0. The molecule has 1 aromatic rings. The molecule has 2 heterocycles. The Kier molecular flexibility index (Phi) is 3.47. The van der Waals surface area contributed by atoms with Gasteiger partial charge in [0.25, 0.3) is 5.91 Å². The molecule has 0 aromatic heterocycles. The number of carbonyl (C=O) groups excluding carboxylic acids is 1. The summed E-state index contributed by atoms with van der Waals surface area (Å²) in [5.41, 5.74) is 1.19. The lowest BCUT2D eigenvalue weighted by atomic mass is 10.1. The molecule has 1 aromatic carbocycles. The molecular weight excluding hydrogens is 254 g/mol. The molecule has 0 radical (unpaired) electrons. The quantitative estimate of drug-likeness (QED) is 0.829. The van der Waals surface area contributed by atoms with Gasteiger partial charge in [-0.05, 0) is 29.9 Å². The molecule has 3 rings (SSSR count). The standard InChI is InChI=1S/C16H17NOS/c1-2-12-8-9-13-10-15(11-16(18)17(12)13)19-14-6-4-3-5-7-14/h3-8,11,13H,2,9-10H2,1H3. The maximum absolute atomic E-state index is 12.2. The van der Waals surface area contributed by atoms with E-state index in [1.54, 1.807) is 11.8 Å². The van der Waals surface area contributed by atoms with Crippen molar-refractivity contribution >= 4 is 17.7 Å². The largest absolute Gasteiger partial charge is 0.309 e. The summed E-state index contributed by atoms with van der Waals surface area (Å²) in [7, 11) is 0. The minimum Gasteiger partial charge on any atom is -0.309 e. The number of carbonyl (C=O) groups is 1. The Hall–Kier alpha value is -1.48. The molecule has 2 nitrogen and oxygen atoms in total. The molecule has 19 heavy (non-hydrogen) atoms. The SMILES string of the molecule is CCC1=CCC2CC(Sc3ccccc3)=CC(=O)N12. The van der Waals surface area contributed by atoms with E-state index in [9.17, 15) is 4.79 Å². The summed E-state index contributed by atoms with van der Waals surface area (Å²) in [5, 5.41) is 0. The second-order valence-electron chi connectivity index (χ2n) is 4.88. The third-order valence-corrected chi connectivity index (χ3v) is 4.67. The molecule has 98 valence electrons. The van der Waals surface area contributed by atoms with Crippen molar-refractivity contribution in [3.8, 4) is 0 Å². The Balaban J connectivity index is 1.77. The van der Waals surface area contributed by atoms with Gasteiger partial charge < -0.3 is 4.90 Å². The Bertz CT molecular complexity index is 547. The smallest absolute Gasteiger partial charge is 0.251 e. The fourth-order valence-electron chi connectivity index (χ4n) is 2.73. The van der Waals surface area contributed by atoms with Gasteiger partial charge in [0.2, 0.25) is 0 Å². The fourth-order valence-corrected chi connectivity index (χ4v) is 3.76. The third kappa shape index (κ3) is 2.47.